The first-order chi connectivity index (χ1) is 17.5. The van der Waals surface area contributed by atoms with Crippen LogP contribution in [-0.4, -0.2) is 57.5 Å². The van der Waals surface area contributed by atoms with E-state index in [1.165, 1.54) is 24.7 Å². The van der Waals surface area contributed by atoms with Crippen molar-refractivity contribution in [1.82, 2.24) is 29.7 Å². The number of ether oxygens (including phenoxy) is 1. The zero-order chi connectivity index (χ0) is 26.4. The molecule has 37 heavy (non-hydrogen) atoms. The van der Waals surface area contributed by atoms with Crippen LogP contribution in [0.2, 0.25) is 0 Å². The predicted molar refractivity (Wildman–Crippen MR) is 122 cm³/mol. The highest BCUT2D eigenvalue weighted by molar-refractivity contribution is 7.90. The third-order valence-electron chi connectivity index (χ3n) is 5.95. The van der Waals surface area contributed by atoms with E-state index in [-0.39, 0.29) is 28.5 Å². The first-order valence-corrected chi connectivity index (χ1v) is 12.9. The van der Waals surface area contributed by atoms with E-state index in [0.29, 0.717) is 37.0 Å². The van der Waals surface area contributed by atoms with Crippen LogP contribution in [0.5, 0.6) is 11.6 Å². The van der Waals surface area contributed by atoms with E-state index >= 15 is 0 Å². The Morgan fingerprint density at radius 2 is 1.73 bits per heavy atom. The molecule has 1 aliphatic rings. The minimum Gasteiger partial charge on any atom is -0.435 e. The number of hydrogen-bond acceptors (Lipinski definition) is 9. The Kier molecular flexibility index (Phi) is 6.17. The molecule has 0 bridgehead atoms. The van der Waals surface area contributed by atoms with Crippen molar-refractivity contribution in [3.05, 3.63) is 54.5 Å². The summed E-state index contributed by atoms with van der Waals surface area (Å²) in [5.74, 6) is -0.790. The lowest BCUT2D eigenvalue weighted by atomic mass is 10.1. The molecule has 0 unspecified atom stereocenters. The lowest BCUT2D eigenvalue weighted by molar-refractivity contribution is -0.138. The van der Waals surface area contributed by atoms with Crippen LogP contribution in [0.15, 0.2) is 48.0 Å². The molecule has 1 saturated heterocycles. The molecule has 4 aromatic rings. The van der Waals surface area contributed by atoms with Crippen molar-refractivity contribution in [2.75, 3.05) is 24.2 Å². The molecule has 0 N–H and O–H groups in total. The maximum absolute atomic E-state index is 14.5. The van der Waals surface area contributed by atoms with Crippen molar-refractivity contribution < 1.29 is 30.7 Å². The first kappa shape index (κ1) is 24.8. The number of aromatic nitrogens is 6. The number of nitrogens with zero attached hydrogens (tertiary/aromatic N) is 7. The normalized spacial score (nSPS) is 15.3. The molecule has 0 atom stereocenters. The van der Waals surface area contributed by atoms with Crippen molar-refractivity contribution in [2.45, 2.75) is 30.0 Å². The van der Waals surface area contributed by atoms with Crippen LogP contribution in [-0.2, 0) is 16.0 Å². The van der Waals surface area contributed by atoms with Gasteiger partial charge >= 0.3 is 6.18 Å². The van der Waals surface area contributed by atoms with Gasteiger partial charge in [0.2, 0.25) is 11.8 Å². The van der Waals surface area contributed by atoms with Gasteiger partial charge in [-0.25, -0.2) is 37.4 Å². The summed E-state index contributed by atoms with van der Waals surface area (Å²) in [6.07, 6.45) is 1.97. The van der Waals surface area contributed by atoms with Crippen LogP contribution in [0, 0.1) is 5.82 Å². The second kappa shape index (κ2) is 9.21. The number of hydrogen-bond donors (Lipinski definition) is 0. The standard InChI is InChI=1S/C22H19F4N7O3S/c1-37(34,35)15-2-3-18(17(23)8-15)36-20-16-11-31-33(19(16)29-12-30-20)14-4-6-32(7-5-14)21-27-9-13(10-28-21)22(24,25)26/h2-3,8-12,14H,4-7H2,1H3. The molecule has 194 valence electrons. The minimum atomic E-state index is -4.50. The van der Waals surface area contributed by atoms with Crippen molar-refractivity contribution in [3.8, 4) is 11.6 Å². The molecule has 3 aromatic heterocycles. The van der Waals surface area contributed by atoms with Crippen molar-refractivity contribution >= 4 is 26.8 Å². The number of sulfone groups is 1. The van der Waals surface area contributed by atoms with Gasteiger partial charge in [0.15, 0.2) is 27.1 Å². The summed E-state index contributed by atoms with van der Waals surface area (Å²) in [6.45, 7) is 0.980. The topological polar surface area (TPSA) is 116 Å². The summed E-state index contributed by atoms with van der Waals surface area (Å²) in [5.41, 5.74) is -0.444. The van der Waals surface area contributed by atoms with Crippen LogP contribution in [0.25, 0.3) is 11.0 Å². The molecule has 0 spiro atoms. The molecular weight excluding hydrogens is 518 g/mol. The zero-order valence-electron chi connectivity index (χ0n) is 19.2. The summed E-state index contributed by atoms with van der Waals surface area (Å²) >= 11 is 0. The van der Waals surface area contributed by atoms with Gasteiger partial charge in [0.25, 0.3) is 0 Å². The van der Waals surface area contributed by atoms with E-state index in [1.54, 1.807) is 9.58 Å². The Hall–Kier alpha value is -3.88. The average Bonchev–Trinajstić information content (AvgIpc) is 3.29. The summed E-state index contributed by atoms with van der Waals surface area (Å²) < 4.78 is 83.4. The third-order valence-corrected chi connectivity index (χ3v) is 7.06. The lowest BCUT2D eigenvalue weighted by Gasteiger charge is -2.32. The van der Waals surface area contributed by atoms with Gasteiger partial charge in [-0.2, -0.15) is 18.3 Å². The Morgan fingerprint density at radius 3 is 2.35 bits per heavy atom. The maximum atomic E-state index is 14.5. The molecular formula is C22H19F4N7O3S. The highest BCUT2D eigenvalue weighted by atomic mass is 32.2. The van der Waals surface area contributed by atoms with Crippen LogP contribution < -0.4 is 9.64 Å². The van der Waals surface area contributed by atoms with Crippen molar-refractivity contribution in [1.29, 1.82) is 0 Å². The smallest absolute Gasteiger partial charge is 0.419 e. The van der Waals surface area contributed by atoms with Crippen LogP contribution in [0.3, 0.4) is 0 Å². The molecule has 5 rings (SSSR count). The number of benzene rings is 1. The zero-order valence-corrected chi connectivity index (χ0v) is 20.0. The maximum Gasteiger partial charge on any atom is 0.419 e. The third kappa shape index (κ3) is 5.03. The molecule has 1 aliphatic heterocycles. The molecule has 0 aliphatic carbocycles. The van der Waals surface area contributed by atoms with Gasteiger partial charge in [-0.15, -0.1) is 0 Å². The van der Waals surface area contributed by atoms with Gasteiger partial charge in [0.1, 0.15) is 11.7 Å². The van der Waals surface area contributed by atoms with Crippen LogP contribution >= 0.6 is 0 Å². The van der Waals surface area contributed by atoms with Gasteiger partial charge in [-0.3, -0.25) is 0 Å². The quantitative estimate of drug-likeness (QED) is 0.351. The van der Waals surface area contributed by atoms with E-state index in [0.717, 1.165) is 24.7 Å². The van der Waals surface area contributed by atoms with Gasteiger partial charge in [0, 0.05) is 31.7 Å². The number of fused-ring (bicyclic) bond motifs is 1. The average molecular weight is 537 g/mol. The fourth-order valence-electron chi connectivity index (χ4n) is 4.03. The van der Waals surface area contributed by atoms with E-state index in [9.17, 15) is 26.0 Å². The van der Waals surface area contributed by atoms with Crippen LogP contribution in [0.4, 0.5) is 23.5 Å². The molecule has 15 heteroatoms. The molecule has 0 radical (unpaired) electrons. The van der Waals surface area contributed by atoms with Crippen LogP contribution in [0.1, 0.15) is 24.4 Å². The fraction of sp³-hybridized carbons (Fsp3) is 0.318. The van der Waals surface area contributed by atoms with Gasteiger partial charge in [-0.05, 0) is 31.0 Å². The summed E-state index contributed by atoms with van der Waals surface area (Å²) in [6, 6.07) is 3.25. The summed E-state index contributed by atoms with van der Waals surface area (Å²) in [4.78, 5) is 17.7. The van der Waals surface area contributed by atoms with E-state index in [2.05, 4.69) is 25.0 Å². The minimum absolute atomic E-state index is 0.0536. The molecule has 1 fully saturated rings. The van der Waals surface area contributed by atoms with E-state index in [4.69, 9.17) is 4.74 Å². The van der Waals surface area contributed by atoms with Gasteiger partial charge < -0.3 is 9.64 Å². The highest BCUT2D eigenvalue weighted by Crippen LogP contribution is 2.33. The monoisotopic (exact) mass is 537 g/mol. The number of halogens is 4. The molecule has 4 heterocycles. The molecule has 0 saturated carbocycles. The SMILES string of the molecule is CS(=O)(=O)c1ccc(Oc2ncnc3c2cnn3C2CCN(c3ncc(C(F)(F)F)cn3)CC2)c(F)c1. The Balaban J connectivity index is 1.32. The van der Waals surface area contributed by atoms with Crippen molar-refractivity contribution in [2.24, 2.45) is 0 Å². The second-order valence-corrected chi connectivity index (χ2v) is 10.5. The largest absolute Gasteiger partial charge is 0.435 e. The Labute approximate surface area is 207 Å². The number of rotatable bonds is 5. The second-order valence-electron chi connectivity index (χ2n) is 8.46. The fourth-order valence-corrected chi connectivity index (χ4v) is 4.66. The van der Waals surface area contributed by atoms with E-state index < -0.39 is 27.4 Å². The molecule has 0 amide bonds. The van der Waals surface area contributed by atoms with Gasteiger partial charge in [-0.1, -0.05) is 0 Å². The van der Waals surface area contributed by atoms with Crippen molar-refractivity contribution in [3.63, 3.8) is 0 Å². The molecule has 1 aromatic carbocycles. The van der Waals surface area contributed by atoms with E-state index in [1.807, 2.05) is 0 Å². The first-order valence-electron chi connectivity index (χ1n) is 11.0. The number of anilines is 1. The number of piperidine rings is 1. The summed E-state index contributed by atoms with van der Waals surface area (Å²) in [5, 5.41) is 4.85. The Morgan fingerprint density at radius 1 is 1.03 bits per heavy atom. The predicted octanol–water partition coefficient (Wildman–Crippen LogP) is 3.81. The highest BCUT2D eigenvalue weighted by Gasteiger charge is 2.32. The number of alkyl halides is 3. The molecule has 10 nitrogen and oxygen atoms in total. The lowest BCUT2D eigenvalue weighted by Crippen LogP contribution is -2.36. The Bertz CT molecular complexity index is 1550. The van der Waals surface area contributed by atoms with Gasteiger partial charge in [0.05, 0.1) is 22.7 Å². The summed E-state index contributed by atoms with van der Waals surface area (Å²) in [7, 11) is -3.58.